The Labute approximate surface area is 115 Å². The minimum Gasteiger partial charge on any atom is -0.467 e. The second-order valence-electron chi connectivity index (χ2n) is 3.85. The van der Waals surface area contributed by atoms with E-state index in [1.54, 1.807) is 36.6 Å². The molecule has 0 spiro atoms. The van der Waals surface area contributed by atoms with E-state index >= 15 is 0 Å². The molecule has 0 saturated heterocycles. The molecule has 2 aromatic rings. The van der Waals surface area contributed by atoms with Gasteiger partial charge in [-0.05, 0) is 30.3 Å². The number of nitrogen functional groups attached to an aromatic ring is 1. The van der Waals surface area contributed by atoms with E-state index in [4.69, 9.17) is 26.5 Å². The molecule has 2 rings (SSSR count). The van der Waals surface area contributed by atoms with Crippen molar-refractivity contribution in [3.05, 3.63) is 47.4 Å². The lowest BCUT2D eigenvalue weighted by molar-refractivity contribution is -0.121. The van der Waals surface area contributed by atoms with Gasteiger partial charge in [0.1, 0.15) is 19.0 Å². The number of benzene rings is 1. The highest BCUT2D eigenvalue weighted by molar-refractivity contribution is 6.31. The fraction of sp³-hybridized carbons (Fsp3) is 0.154. The smallest absolute Gasteiger partial charge is 0.250 e. The zero-order chi connectivity index (χ0) is 13.7. The minimum absolute atomic E-state index is 0.0806. The van der Waals surface area contributed by atoms with Gasteiger partial charge in [-0.25, -0.2) is 0 Å². The molecule has 0 saturated carbocycles. The van der Waals surface area contributed by atoms with E-state index in [0.29, 0.717) is 22.2 Å². The molecule has 1 aromatic heterocycles. The van der Waals surface area contributed by atoms with Gasteiger partial charge in [-0.1, -0.05) is 11.6 Å². The molecule has 0 radical (unpaired) electrons. The Morgan fingerprint density at radius 3 is 2.95 bits per heavy atom. The van der Waals surface area contributed by atoms with E-state index in [9.17, 15) is 4.79 Å². The molecule has 0 atom stereocenters. The molecule has 100 valence electrons. The molecule has 19 heavy (non-hydrogen) atoms. The van der Waals surface area contributed by atoms with E-state index in [0.717, 1.165) is 0 Å². The lowest BCUT2D eigenvalue weighted by Gasteiger charge is -2.08. The van der Waals surface area contributed by atoms with Gasteiger partial charge in [-0.2, -0.15) is 0 Å². The molecule has 6 heteroatoms. The summed E-state index contributed by atoms with van der Waals surface area (Å²) in [4.78, 5) is 11.6. The van der Waals surface area contributed by atoms with Crippen molar-refractivity contribution >= 4 is 28.9 Å². The van der Waals surface area contributed by atoms with Crippen molar-refractivity contribution < 1.29 is 13.9 Å². The molecular weight excluding hydrogens is 268 g/mol. The predicted octanol–water partition coefficient (Wildman–Crippen LogP) is 2.67. The molecule has 0 bridgehead atoms. The lowest BCUT2D eigenvalue weighted by atomic mass is 10.2. The summed E-state index contributed by atoms with van der Waals surface area (Å²) in [6.07, 6.45) is 1.55. The van der Waals surface area contributed by atoms with E-state index in [2.05, 4.69) is 5.32 Å². The Bertz CT molecular complexity index is 555. The molecule has 1 aromatic carbocycles. The van der Waals surface area contributed by atoms with Crippen LogP contribution in [-0.4, -0.2) is 12.5 Å². The summed E-state index contributed by atoms with van der Waals surface area (Å²) < 4.78 is 10.3. The summed E-state index contributed by atoms with van der Waals surface area (Å²) in [5.74, 6) is 0.374. The van der Waals surface area contributed by atoms with Crippen LogP contribution in [0.4, 0.5) is 11.4 Å². The van der Waals surface area contributed by atoms with Crippen LogP contribution in [-0.2, 0) is 16.1 Å². The molecule has 0 aliphatic heterocycles. The number of carbonyl (C=O) groups excluding carboxylic acids is 1. The van der Waals surface area contributed by atoms with E-state index in [-0.39, 0.29) is 19.1 Å². The van der Waals surface area contributed by atoms with E-state index < -0.39 is 0 Å². The number of ether oxygens (including phenoxy) is 1. The van der Waals surface area contributed by atoms with Crippen LogP contribution < -0.4 is 11.1 Å². The number of nitrogens with two attached hydrogens (primary N) is 1. The van der Waals surface area contributed by atoms with Gasteiger partial charge in [0.2, 0.25) is 5.91 Å². The normalized spacial score (nSPS) is 10.4. The van der Waals surface area contributed by atoms with Crippen LogP contribution in [0.15, 0.2) is 41.0 Å². The maximum Gasteiger partial charge on any atom is 0.250 e. The third-order valence-corrected chi connectivity index (χ3v) is 2.58. The Morgan fingerprint density at radius 2 is 2.26 bits per heavy atom. The number of anilines is 2. The summed E-state index contributed by atoms with van der Waals surface area (Å²) in [6.45, 7) is 0.166. The highest BCUT2D eigenvalue weighted by Gasteiger charge is 2.06. The first-order valence-electron chi connectivity index (χ1n) is 5.60. The molecular formula is C13H13ClN2O3. The fourth-order valence-electron chi connectivity index (χ4n) is 1.47. The summed E-state index contributed by atoms with van der Waals surface area (Å²) in [7, 11) is 0. The van der Waals surface area contributed by atoms with Crippen LogP contribution in [0, 0.1) is 0 Å². The number of amides is 1. The van der Waals surface area contributed by atoms with Crippen LogP contribution in [0.5, 0.6) is 0 Å². The number of halogens is 1. The van der Waals surface area contributed by atoms with Gasteiger partial charge < -0.3 is 20.2 Å². The highest BCUT2D eigenvalue weighted by atomic mass is 35.5. The molecule has 0 fully saturated rings. The van der Waals surface area contributed by atoms with Crippen LogP contribution in [0.2, 0.25) is 5.02 Å². The van der Waals surface area contributed by atoms with Crippen LogP contribution in [0.25, 0.3) is 0 Å². The average Bonchev–Trinajstić information content (AvgIpc) is 2.86. The maximum atomic E-state index is 11.6. The molecule has 1 heterocycles. The van der Waals surface area contributed by atoms with Gasteiger partial charge in [0.15, 0.2) is 0 Å². The monoisotopic (exact) mass is 280 g/mol. The van der Waals surface area contributed by atoms with Crippen LogP contribution in [0.3, 0.4) is 0 Å². The van der Waals surface area contributed by atoms with Crippen molar-refractivity contribution in [2.24, 2.45) is 0 Å². The van der Waals surface area contributed by atoms with Crippen molar-refractivity contribution in [3.63, 3.8) is 0 Å². The van der Waals surface area contributed by atoms with Crippen molar-refractivity contribution in [2.45, 2.75) is 6.61 Å². The summed E-state index contributed by atoms with van der Waals surface area (Å²) in [5, 5.41) is 3.16. The lowest BCUT2D eigenvalue weighted by Crippen LogP contribution is -2.18. The number of carbonyl (C=O) groups is 1. The molecule has 0 unspecified atom stereocenters. The number of hydrogen-bond donors (Lipinski definition) is 2. The SMILES string of the molecule is Nc1cc(Cl)ccc1NC(=O)COCc1ccco1. The fourth-order valence-corrected chi connectivity index (χ4v) is 1.65. The number of hydrogen-bond acceptors (Lipinski definition) is 4. The highest BCUT2D eigenvalue weighted by Crippen LogP contribution is 2.22. The zero-order valence-corrected chi connectivity index (χ0v) is 10.8. The maximum absolute atomic E-state index is 11.6. The third-order valence-electron chi connectivity index (χ3n) is 2.35. The van der Waals surface area contributed by atoms with Crippen molar-refractivity contribution in [1.29, 1.82) is 0 Å². The average molecular weight is 281 g/mol. The molecule has 3 N–H and O–H groups in total. The van der Waals surface area contributed by atoms with Crippen molar-refractivity contribution in [3.8, 4) is 0 Å². The van der Waals surface area contributed by atoms with Crippen molar-refractivity contribution in [2.75, 3.05) is 17.7 Å². The van der Waals surface area contributed by atoms with E-state index in [1.807, 2.05) is 0 Å². The Hall–Kier alpha value is -1.98. The topological polar surface area (TPSA) is 77.5 Å². The molecule has 5 nitrogen and oxygen atoms in total. The Kier molecular flexibility index (Phi) is 4.43. The van der Waals surface area contributed by atoms with E-state index in [1.165, 1.54) is 0 Å². The van der Waals surface area contributed by atoms with Crippen LogP contribution >= 0.6 is 11.6 Å². The molecule has 0 aliphatic rings. The van der Waals surface area contributed by atoms with Gasteiger partial charge in [-0.3, -0.25) is 4.79 Å². The Morgan fingerprint density at radius 1 is 1.42 bits per heavy atom. The van der Waals surface area contributed by atoms with Gasteiger partial charge in [-0.15, -0.1) is 0 Å². The Balaban J connectivity index is 1.80. The van der Waals surface area contributed by atoms with Crippen molar-refractivity contribution in [1.82, 2.24) is 0 Å². The second kappa shape index (κ2) is 6.26. The van der Waals surface area contributed by atoms with Crippen LogP contribution in [0.1, 0.15) is 5.76 Å². The first-order valence-corrected chi connectivity index (χ1v) is 5.98. The molecule has 0 aliphatic carbocycles. The largest absolute Gasteiger partial charge is 0.467 e. The minimum atomic E-state index is -0.291. The first kappa shape index (κ1) is 13.5. The second-order valence-corrected chi connectivity index (χ2v) is 4.29. The summed E-state index contributed by atoms with van der Waals surface area (Å²) >= 11 is 5.77. The van der Waals surface area contributed by atoms with Gasteiger partial charge >= 0.3 is 0 Å². The standard InChI is InChI=1S/C13H13ClN2O3/c14-9-3-4-12(11(15)6-9)16-13(17)8-18-7-10-2-1-5-19-10/h1-6H,7-8,15H2,(H,16,17). The number of furan rings is 1. The quantitative estimate of drug-likeness (QED) is 0.826. The number of rotatable bonds is 5. The summed E-state index contributed by atoms with van der Waals surface area (Å²) in [6, 6.07) is 8.39. The third kappa shape index (κ3) is 4.01. The molecule has 1 amide bonds. The van der Waals surface area contributed by atoms with Gasteiger partial charge in [0, 0.05) is 5.02 Å². The predicted molar refractivity (Wildman–Crippen MR) is 72.9 cm³/mol. The zero-order valence-electron chi connectivity index (χ0n) is 10.1. The number of nitrogens with one attached hydrogen (secondary N) is 1. The van der Waals surface area contributed by atoms with Gasteiger partial charge in [0.05, 0.1) is 17.6 Å². The van der Waals surface area contributed by atoms with Gasteiger partial charge in [0.25, 0.3) is 0 Å². The first-order chi connectivity index (χ1) is 9.15. The summed E-state index contributed by atoms with van der Waals surface area (Å²) in [5.41, 5.74) is 6.64.